The first kappa shape index (κ1) is 17.9. The van der Waals surface area contributed by atoms with Crippen LogP contribution in [0.15, 0.2) is 0 Å². The van der Waals surface area contributed by atoms with Crippen molar-refractivity contribution in [1.82, 2.24) is 10.6 Å². The second-order valence-electron chi connectivity index (χ2n) is 4.99. The molecule has 0 bridgehead atoms. The summed E-state index contributed by atoms with van der Waals surface area (Å²) in [6.45, 7) is 5.75. The predicted octanol–water partition coefficient (Wildman–Crippen LogP) is -0.242. The lowest BCUT2D eigenvalue weighted by Crippen LogP contribution is -2.49. The summed E-state index contributed by atoms with van der Waals surface area (Å²) in [5, 5.41) is 4.36. The first-order valence-electron chi connectivity index (χ1n) is 5.91. The molecule has 8 nitrogen and oxygen atoms in total. The molecule has 0 aromatic rings. The Kier molecular flexibility index (Phi) is 6.67. The van der Waals surface area contributed by atoms with Gasteiger partial charge in [0.2, 0.25) is 5.91 Å². The van der Waals surface area contributed by atoms with Crippen LogP contribution in [0.2, 0.25) is 0 Å². The van der Waals surface area contributed by atoms with E-state index in [0.29, 0.717) is 0 Å². The van der Waals surface area contributed by atoms with Crippen molar-refractivity contribution in [3.05, 3.63) is 0 Å². The molecule has 2 amide bonds. The van der Waals surface area contributed by atoms with Gasteiger partial charge < -0.3 is 20.1 Å². The monoisotopic (exact) mass is 288 g/mol. The highest BCUT2D eigenvalue weighted by Gasteiger charge is 2.26. The van der Waals surface area contributed by atoms with Gasteiger partial charge in [0, 0.05) is 0 Å². The third kappa shape index (κ3) is 7.34. The van der Waals surface area contributed by atoms with Crippen molar-refractivity contribution < 1.29 is 28.7 Å². The number of methoxy groups -OCH3 is 1. The Morgan fingerprint density at radius 2 is 1.70 bits per heavy atom. The first-order valence-corrected chi connectivity index (χ1v) is 5.91. The van der Waals surface area contributed by atoms with Gasteiger partial charge in [0.15, 0.2) is 11.8 Å². The zero-order valence-electron chi connectivity index (χ0n) is 12.2. The third-order valence-corrected chi connectivity index (χ3v) is 1.94. The quantitative estimate of drug-likeness (QED) is 0.533. The Balaban J connectivity index is 4.32. The molecule has 1 atom stereocenters. The van der Waals surface area contributed by atoms with E-state index in [1.54, 1.807) is 20.8 Å². The van der Waals surface area contributed by atoms with Crippen LogP contribution in [-0.4, -0.2) is 49.1 Å². The Bertz CT molecular complexity index is 399. The molecule has 8 heteroatoms. The fourth-order valence-corrected chi connectivity index (χ4v) is 1.12. The average molecular weight is 288 g/mol. The van der Waals surface area contributed by atoms with Gasteiger partial charge in [-0.15, -0.1) is 0 Å². The van der Waals surface area contributed by atoms with Crippen LogP contribution >= 0.6 is 0 Å². The van der Waals surface area contributed by atoms with E-state index >= 15 is 0 Å². The Labute approximate surface area is 117 Å². The number of Topliss-reactive ketones (excluding diaryl/α,β-unsaturated/α-hetero) is 1. The number of hydrogen-bond donors (Lipinski definition) is 2. The maximum absolute atomic E-state index is 11.5. The van der Waals surface area contributed by atoms with Crippen LogP contribution in [0.1, 0.15) is 27.7 Å². The highest BCUT2D eigenvalue weighted by Crippen LogP contribution is 2.06. The smallest absolute Gasteiger partial charge is 0.408 e. The molecule has 0 radical (unpaired) electrons. The third-order valence-electron chi connectivity index (χ3n) is 1.94. The van der Waals surface area contributed by atoms with Crippen LogP contribution in [0, 0.1) is 0 Å². The van der Waals surface area contributed by atoms with Crippen LogP contribution in [0.3, 0.4) is 0 Å². The Morgan fingerprint density at radius 3 is 2.10 bits per heavy atom. The lowest BCUT2D eigenvalue weighted by Gasteiger charge is -2.20. The minimum Gasteiger partial charge on any atom is -0.467 e. The normalized spacial score (nSPS) is 12.1. The molecule has 0 saturated carbocycles. The minimum atomic E-state index is -1.38. The van der Waals surface area contributed by atoms with Crippen molar-refractivity contribution in [1.29, 1.82) is 0 Å². The number of nitrogens with one attached hydrogen (secondary N) is 2. The molecule has 2 N–H and O–H groups in total. The maximum atomic E-state index is 11.5. The molecule has 1 unspecified atom stereocenters. The van der Waals surface area contributed by atoms with E-state index in [4.69, 9.17) is 4.74 Å². The summed E-state index contributed by atoms with van der Waals surface area (Å²) in [5.41, 5.74) is -0.686. The van der Waals surface area contributed by atoms with Gasteiger partial charge in [-0.1, -0.05) is 0 Å². The van der Waals surface area contributed by atoms with Gasteiger partial charge in [0.25, 0.3) is 0 Å². The fraction of sp³-hybridized carbons (Fsp3) is 0.667. The number of carbonyl (C=O) groups is 4. The van der Waals surface area contributed by atoms with Gasteiger partial charge >= 0.3 is 12.1 Å². The molecule has 0 rings (SSSR count). The van der Waals surface area contributed by atoms with Crippen LogP contribution < -0.4 is 10.6 Å². The number of carbonyl (C=O) groups excluding carboxylic acids is 4. The second kappa shape index (κ2) is 7.46. The van der Waals surface area contributed by atoms with Crippen molar-refractivity contribution in [3.8, 4) is 0 Å². The number of ether oxygens (including phenoxy) is 2. The molecule has 0 aromatic carbocycles. The van der Waals surface area contributed by atoms with Gasteiger partial charge in [-0.05, 0) is 27.7 Å². The van der Waals surface area contributed by atoms with Crippen LogP contribution in [0.25, 0.3) is 0 Å². The zero-order chi connectivity index (χ0) is 15.9. The molecule has 0 saturated heterocycles. The number of hydrogen-bond acceptors (Lipinski definition) is 6. The van der Waals surface area contributed by atoms with Crippen LogP contribution in [-0.2, 0) is 23.9 Å². The van der Waals surface area contributed by atoms with Crippen molar-refractivity contribution in [2.24, 2.45) is 0 Å². The zero-order valence-corrected chi connectivity index (χ0v) is 12.2. The second-order valence-corrected chi connectivity index (χ2v) is 4.99. The molecule has 0 heterocycles. The fourth-order valence-electron chi connectivity index (χ4n) is 1.12. The lowest BCUT2D eigenvalue weighted by atomic mass is 10.2. The number of ketones is 1. The Hall–Kier alpha value is -2.12. The van der Waals surface area contributed by atoms with Gasteiger partial charge in [0.1, 0.15) is 12.1 Å². The number of rotatable bonds is 5. The minimum absolute atomic E-state index is 0.421. The van der Waals surface area contributed by atoms with Gasteiger partial charge in [-0.2, -0.15) is 0 Å². The number of esters is 1. The number of amides is 2. The molecule has 114 valence electrons. The maximum Gasteiger partial charge on any atom is 0.408 e. The lowest BCUT2D eigenvalue weighted by molar-refractivity contribution is -0.148. The number of alkyl carbamates (subject to hydrolysis) is 1. The topological polar surface area (TPSA) is 111 Å². The van der Waals surface area contributed by atoms with Crippen molar-refractivity contribution in [2.75, 3.05) is 13.7 Å². The molecule has 0 aromatic heterocycles. The highest BCUT2D eigenvalue weighted by molar-refractivity contribution is 6.05. The van der Waals surface area contributed by atoms with E-state index < -0.39 is 41.9 Å². The van der Waals surface area contributed by atoms with Gasteiger partial charge in [-0.25, -0.2) is 9.59 Å². The summed E-state index contributed by atoms with van der Waals surface area (Å²) in [4.78, 5) is 45.2. The van der Waals surface area contributed by atoms with Crippen LogP contribution in [0.4, 0.5) is 4.79 Å². The van der Waals surface area contributed by atoms with Crippen LogP contribution in [0.5, 0.6) is 0 Å². The van der Waals surface area contributed by atoms with Crippen molar-refractivity contribution in [3.63, 3.8) is 0 Å². The first-order chi connectivity index (χ1) is 9.06. The molecule has 0 aliphatic heterocycles. The molecule has 0 aliphatic rings. The SMILES string of the molecule is COC(=O)C(NC(=O)CNC(=O)OC(C)(C)C)C(C)=O. The average Bonchev–Trinajstić information content (AvgIpc) is 2.30. The summed E-state index contributed by atoms with van der Waals surface area (Å²) in [6.07, 6.45) is -0.773. The van der Waals surface area contributed by atoms with E-state index in [1.807, 2.05) is 0 Å². The molecule has 20 heavy (non-hydrogen) atoms. The molecule has 0 fully saturated rings. The molecule has 0 spiro atoms. The van der Waals surface area contributed by atoms with Gasteiger partial charge in [0.05, 0.1) is 7.11 Å². The Morgan fingerprint density at radius 1 is 1.15 bits per heavy atom. The summed E-state index contributed by atoms with van der Waals surface area (Å²) < 4.78 is 9.30. The molecular formula is C12H20N2O6. The summed E-state index contributed by atoms with van der Waals surface area (Å²) in [7, 11) is 1.10. The highest BCUT2D eigenvalue weighted by atomic mass is 16.6. The molecular weight excluding hydrogens is 268 g/mol. The van der Waals surface area contributed by atoms with E-state index in [-0.39, 0.29) is 0 Å². The van der Waals surface area contributed by atoms with Gasteiger partial charge in [-0.3, -0.25) is 9.59 Å². The van der Waals surface area contributed by atoms with Crippen molar-refractivity contribution in [2.45, 2.75) is 39.3 Å². The summed E-state index contributed by atoms with van der Waals surface area (Å²) in [6, 6.07) is -1.38. The largest absolute Gasteiger partial charge is 0.467 e. The van der Waals surface area contributed by atoms with E-state index in [1.165, 1.54) is 0 Å². The summed E-state index contributed by atoms with van der Waals surface area (Å²) >= 11 is 0. The summed E-state index contributed by atoms with van der Waals surface area (Å²) in [5.74, 6) is -2.15. The van der Waals surface area contributed by atoms with E-state index in [9.17, 15) is 19.2 Å². The van der Waals surface area contributed by atoms with E-state index in [2.05, 4.69) is 15.4 Å². The van der Waals surface area contributed by atoms with Crippen molar-refractivity contribution >= 4 is 23.8 Å². The van der Waals surface area contributed by atoms with E-state index in [0.717, 1.165) is 14.0 Å². The predicted molar refractivity (Wildman–Crippen MR) is 68.9 cm³/mol. The standard InChI is InChI=1S/C12H20N2O6/c1-7(15)9(10(17)19-5)14-8(16)6-13-11(18)20-12(2,3)4/h9H,6H2,1-5H3,(H,13,18)(H,14,16). The molecule has 0 aliphatic carbocycles.